The second-order valence-corrected chi connectivity index (χ2v) is 4.40. The van der Waals surface area contributed by atoms with Crippen LogP contribution in [0.4, 0.5) is 0 Å². The van der Waals surface area contributed by atoms with Crippen molar-refractivity contribution in [3.05, 3.63) is 0 Å². The van der Waals surface area contributed by atoms with Crippen molar-refractivity contribution in [3.63, 3.8) is 0 Å². The summed E-state index contributed by atoms with van der Waals surface area (Å²) in [6.07, 6.45) is 8.72. The van der Waals surface area contributed by atoms with Gasteiger partial charge >= 0.3 is 0 Å². The zero-order valence-electron chi connectivity index (χ0n) is 9.26. The van der Waals surface area contributed by atoms with Crippen molar-refractivity contribution in [2.75, 3.05) is 6.54 Å². The van der Waals surface area contributed by atoms with Crippen LogP contribution in [0.1, 0.15) is 51.9 Å². The standard InChI is InChI=1S/C12H22N2/c1-11(14-10-6-5-9-13)12-7-3-2-4-8-12/h11-12,14H,2-8,10H2,1H3. The maximum absolute atomic E-state index is 8.40. The van der Waals surface area contributed by atoms with E-state index >= 15 is 0 Å². The number of hydrogen-bond donors (Lipinski definition) is 1. The molecule has 1 saturated carbocycles. The largest absolute Gasteiger partial charge is 0.314 e. The van der Waals surface area contributed by atoms with Gasteiger partial charge in [-0.2, -0.15) is 5.26 Å². The predicted octanol–water partition coefficient (Wildman–Crippen LogP) is 2.85. The van der Waals surface area contributed by atoms with Gasteiger partial charge in [-0.05, 0) is 38.6 Å². The lowest BCUT2D eigenvalue weighted by Crippen LogP contribution is -2.35. The zero-order chi connectivity index (χ0) is 10.2. The molecule has 1 atom stereocenters. The summed E-state index contributed by atoms with van der Waals surface area (Å²) >= 11 is 0. The van der Waals surface area contributed by atoms with Crippen molar-refractivity contribution in [3.8, 4) is 6.07 Å². The molecule has 0 aromatic carbocycles. The number of hydrogen-bond acceptors (Lipinski definition) is 2. The Kier molecular flexibility index (Phi) is 5.63. The van der Waals surface area contributed by atoms with Gasteiger partial charge in [0.25, 0.3) is 0 Å². The van der Waals surface area contributed by atoms with Gasteiger partial charge in [0.2, 0.25) is 0 Å². The van der Waals surface area contributed by atoms with E-state index in [1.807, 2.05) is 0 Å². The molecule has 1 fully saturated rings. The van der Waals surface area contributed by atoms with Crippen LogP contribution in [0.5, 0.6) is 0 Å². The maximum Gasteiger partial charge on any atom is 0.0622 e. The normalized spacial score (nSPS) is 20.3. The summed E-state index contributed by atoms with van der Waals surface area (Å²) < 4.78 is 0. The summed E-state index contributed by atoms with van der Waals surface area (Å²) in [4.78, 5) is 0. The Bertz CT molecular complexity index is 177. The number of rotatable bonds is 5. The molecule has 0 saturated heterocycles. The minimum absolute atomic E-state index is 0.647. The SMILES string of the molecule is CC(NCCCC#N)C1CCCCC1. The van der Waals surface area contributed by atoms with Gasteiger partial charge in [0.1, 0.15) is 0 Å². The lowest BCUT2D eigenvalue weighted by Gasteiger charge is -2.28. The predicted molar refractivity (Wildman–Crippen MR) is 58.9 cm³/mol. The molecule has 0 aromatic heterocycles. The topological polar surface area (TPSA) is 35.8 Å². The third-order valence-electron chi connectivity index (χ3n) is 3.29. The van der Waals surface area contributed by atoms with Gasteiger partial charge in [0.05, 0.1) is 6.07 Å². The minimum atomic E-state index is 0.647. The minimum Gasteiger partial charge on any atom is -0.314 e. The molecule has 0 aliphatic heterocycles. The first-order valence-electron chi connectivity index (χ1n) is 5.95. The van der Waals surface area contributed by atoms with Gasteiger partial charge < -0.3 is 5.32 Å². The highest BCUT2D eigenvalue weighted by molar-refractivity contribution is 4.76. The van der Waals surface area contributed by atoms with Crippen LogP contribution in [0.15, 0.2) is 0 Å². The number of nitriles is 1. The first kappa shape index (κ1) is 11.5. The fourth-order valence-corrected chi connectivity index (χ4v) is 2.30. The molecule has 1 aliphatic carbocycles. The van der Waals surface area contributed by atoms with Crippen LogP contribution in [0, 0.1) is 17.2 Å². The zero-order valence-corrected chi connectivity index (χ0v) is 9.26. The number of nitrogens with one attached hydrogen (secondary N) is 1. The summed E-state index contributed by atoms with van der Waals surface area (Å²) in [6.45, 7) is 3.30. The van der Waals surface area contributed by atoms with Crippen molar-refractivity contribution in [1.82, 2.24) is 5.32 Å². The van der Waals surface area contributed by atoms with Gasteiger partial charge in [0, 0.05) is 12.5 Å². The highest BCUT2D eigenvalue weighted by atomic mass is 14.9. The molecule has 2 nitrogen and oxygen atoms in total. The van der Waals surface area contributed by atoms with E-state index in [-0.39, 0.29) is 0 Å². The van der Waals surface area contributed by atoms with Crippen molar-refractivity contribution in [2.24, 2.45) is 5.92 Å². The fourth-order valence-electron chi connectivity index (χ4n) is 2.30. The number of nitrogens with zero attached hydrogens (tertiary/aromatic N) is 1. The molecule has 1 aliphatic rings. The van der Waals surface area contributed by atoms with Crippen molar-refractivity contribution < 1.29 is 0 Å². The van der Waals surface area contributed by atoms with Crippen molar-refractivity contribution >= 4 is 0 Å². The second-order valence-electron chi connectivity index (χ2n) is 4.40. The fraction of sp³-hybridized carbons (Fsp3) is 0.917. The summed E-state index contributed by atoms with van der Waals surface area (Å²) in [5.41, 5.74) is 0. The van der Waals surface area contributed by atoms with Crippen molar-refractivity contribution in [2.45, 2.75) is 57.9 Å². The third kappa shape index (κ3) is 4.11. The van der Waals surface area contributed by atoms with Crippen LogP contribution in [0.2, 0.25) is 0 Å². The van der Waals surface area contributed by atoms with E-state index in [0.29, 0.717) is 12.5 Å². The Balaban J connectivity index is 2.07. The van der Waals surface area contributed by atoms with Crippen molar-refractivity contribution in [1.29, 1.82) is 5.26 Å². The highest BCUT2D eigenvalue weighted by Gasteiger charge is 2.18. The first-order valence-corrected chi connectivity index (χ1v) is 5.95. The first-order chi connectivity index (χ1) is 6.84. The maximum atomic E-state index is 8.40. The van der Waals surface area contributed by atoms with Gasteiger partial charge in [-0.15, -0.1) is 0 Å². The van der Waals surface area contributed by atoms with E-state index in [4.69, 9.17) is 5.26 Å². The summed E-state index contributed by atoms with van der Waals surface area (Å²) in [5, 5.41) is 11.9. The van der Waals surface area contributed by atoms with Gasteiger partial charge in [-0.3, -0.25) is 0 Å². The monoisotopic (exact) mass is 194 g/mol. The summed E-state index contributed by atoms with van der Waals surface area (Å²) in [5.74, 6) is 0.880. The Morgan fingerprint density at radius 1 is 1.36 bits per heavy atom. The molecule has 0 amide bonds. The molecule has 1 unspecified atom stereocenters. The quantitative estimate of drug-likeness (QED) is 0.683. The van der Waals surface area contributed by atoms with Gasteiger partial charge in [-0.25, -0.2) is 0 Å². The van der Waals surface area contributed by atoms with Crippen LogP contribution >= 0.6 is 0 Å². The Morgan fingerprint density at radius 3 is 2.71 bits per heavy atom. The van der Waals surface area contributed by atoms with Crippen LogP contribution in [0.3, 0.4) is 0 Å². The molecule has 0 radical (unpaired) electrons. The molecule has 2 heteroatoms. The summed E-state index contributed by atoms with van der Waals surface area (Å²) in [6, 6.07) is 2.83. The Hall–Kier alpha value is -0.550. The van der Waals surface area contributed by atoms with Crippen LogP contribution < -0.4 is 5.32 Å². The van der Waals surface area contributed by atoms with Crippen LogP contribution in [-0.2, 0) is 0 Å². The molecule has 1 rings (SSSR count). The molecule has 80 valence electrons. The van der Waals surface area contributed by atoms with E-state index in [2.05, 4.69) is 18.3 Å². The highest BCUT2D eigenvalue weighted by Crippen LogP contribution is 2.26. The number of unbranched alkanes of at least 4 members (excludes halogenated alkanes) is 1. The molecule has 14 heavy (non-hydrogen) atoms. The van der Waals surface area contributed by atoms with Gasteiger partial charge in [0.15, 0.2) is 0 Å². The van der Waals surface area contributed by atoms with Crippen LogP contribution in [-0.4, -0.2) is 12.6 Å². The van der Waals surface area contributed by atoms with E-state index in [0.717, 1.165) is 18.9 Å². The molecular formula is C12H22N2. The molecule has 0 aromatic rings. The van der Waals surface area contributed by atoms with Gasteiger partial charge in [-0.1, -0.05) is 19.3 Å². The smallest absolute Gasteiger partial charge is 0.0622 e. The van der Waals surface area contributed by atoms with E-state index in [9.17, 15) is 0 Å². The van der Waals surface area contributed by atoms with E-state index in [1.165, 1.54) is 32.1 Å². The lowest BCUT2D eigenvalue weighted by molar-refractivity contribution is 0.281. The average molecular weight is 194 g/mol. The molecule has 0 bridgehead atoms. The third-order valence-corrected chi connectivity index (χ3v) is 3.29. The van der Waals surface area contributed by atoms with Crippen LogP contribution in [0.25, 0.3) is 0 Å². The summed E-state index contributed by atoms with van der Waals surface area (Å²) in [7, 11) is 0. The molecule has 0 spiro atoms. The average Bonchev–Trinajstić information content (AvgIpc) is 2.25. The molecular weight excluding hydrogens is 172 g/mol. The molecule has 0 heterocycles. The second kappa shape index (κ2) is 6.84. The Morgan fingerprint density at radius 2 is 2.07 bits per heavy atom. The Labute approximate surface area is 87.7 Å². The van der Waals surface area contributed by atoms with E-state index in [1.54, 1.807) is 0 Å². The van der Waals surface area contributed by atoms with E-state index < -0.39 is 0 Å². The molecule has 1 N–H and O–H groups in total. The lowest BCUT2D eigenvalue weighted by atomic mass is 9.84.